The lowest BCUT2D eigenvalue weighted by atomic mass is 10.1. The quantitative estimate of drug-likeness (QED) is 0.149. The average Bonchev–Trinajstić information content (AvgIpc) is 3.05. The van der Waals surface area contributed by atoms with Gasteiger partial charge in [-0.25, -0.2) is 14.6 Å². The van der Waals surface area contributed by atoms with Crippen molar-refractivity contribution in [1.82, 2.24) is 9.97 Å². The summed E-state index contributed by atoms with van der Waals surface area (Å²) < 4.78 is 25.5. The lowest BCUT2D eigenvalue weighted by Crippen LogP contribution is -2.04. The van der Waals surface area contributed by atoms with Gasteiger partial charge < -0.3 is 40.5 Å². The highest BCUT2D eigenvalue weighted by Crippen LogP contribution is 2.33. The lowest BCUT2D eigenvalue weighted by Gasteiger charge is -2.12. The number of nitrogens with zero attached hydrogens (tertiary/aromatic N) is 2. The summed E-state index contributed by atoms with van der Waals surface area (Å²) in [5.74, 6) is 1.40. The highest BCUT2D eigenvalue weighted by molar-refractivity contribution is 5.97. The van der Waals surface area contributed by atoms with Crippen molar-refractivity contribution in [3.05, 3.63) is 96.2 Å². The van der Waals surface area contributed by atoms with Crippen molar-refractivity contribution in [1.29, 1.82) is 0 Å². The highest BCUT2D eigenvalue weighted by Gasteiger charge is 2.12. The zero-order chi connectivity index (χ0) is 31.6. The van der Waals surface area contributed by atoms with E-state index in [1.807, 2.05) is 24.3 Å². The fourth-order valence-corrected chi connectivity index (χ4v) is 4.09. The summed E-state index contributed by atoms with van der Waals surface area (Å²) in [6.45, 7) is 0. The first kappa shape index (κ1) is 30.9. The largest absolute Gasteiger partial charge is 0.497 e. The second-order valence-electron chi connectivity index (χ2n) is 9.07. The van der Waals surface area contributed by atoms with E-state index in [1.165, 1.54) is 34.5 Å². The molecule has 0 fully saturated rings. The Labute approximate surface area is 253 Å². The molecule has 1 heterocycles. The molecule has 5 rings (SSSR count). The number of fused-ring (bicyclic) bond motifs is 1. The molecule has 0 unspecified atom stereocenters. The van der Waals surface area contributed by atoms with E-state index in [9.17, 15) is 9.59 Å². The highest BCUT2D eigenvalue weighted by atomic mass is 16.5. The van der Waals surface area contributed by atoms with Crippen molar-refractivity contribution in [2.45, 2.75) is 0 Å². The molecule has 0 aliphatic heterocycles. The van der Waals surface area contributed by atoms with Gasteiger partial charge >= 0.3 is 11.9 Å². The van der Waals surface area contributed by atoms with Crippen molar-refractivity contribution in [2.75, 3.05) is 45.2 Å². The van der Waals surface area contributed by atoms with Gasteiger partial charge in [0.05, 0.1) is 39.6 Å². The molecule has 5 N–H and O–H groups in total. The number of methoxy groups -OCH3 is 4. The molecular weight excluding hydrogens is 566 g/mol. The summed E-state index contributed by atoms with van der Waals surface area (Å²) in [6.07, 6.45) is 1.57. The van der Waals surface area contributed by atoms with Crippen molar-refractivity contribution in [3.63, 3.8) is 0 Å². The third-order valence-corrected chi connectivity index (χ3v) is 6.17. The van der Waals surface area contributed by atoms with Crippen LogP contribution in [-0.4, -0.2) is 50.3 Å². The molecule has 0 aliphatic carbocycles. The molecule has 0 aliphatic rings. The molecule has 12 nitrogen and oxygen atoms in total. The Morgan fingerprint density at radius 1 is 0.727 bits per heavy atom. The Kier molecular flexibility index (Phi) is 9.99. The summed E-state index contributed by atoms with van der Waals surface area (Å²) in [4.78, 5) is 31.6. The number of nitrogens with two attached hydrogens (primary N) is 2. The number of hydrogen-bond acceptors (Lipinski definition) is 12. The molecule has 4 aromatic carbocycles. The van der Waals surface area contributed by atoms with E-state index >= 15 is 0 Å². The summed E-state index contributed by atoms with van der Waals surface area (Å²) in [7, 11) is 5.66. The van der Waals surface area contributed by atoms with Gasteiger partial charge in [-0.1, -0.05) is 24.3 Å². The van der Waals surface area contributed by atoms with Gasteiger partial charge in [0.2, 0.25) is 11.8 Å². The summed E-state index contributed by atoms with van der Waals surface area (Å²) in [5.41, 5.74) is 14.0. The van der Waals surface area contributed by atoms with Gasteiger partial charge in [0.25, 0.3) is 0 Å². The zero-order valence-corrected chi connectivity index (χ0v) is 24.5. The minimum absolute atomic E-state index is 0.293. The molecule has 1 aromatic heterocycles. The van der Waals surface area contributed by atoms with Gasteiger partial charge in [-0.2, -0.15) is 4.98 Å². The Morgan fingerprint density at radius 3 is 2.02 bits per heavy atom. The van der Waals surface area contributed by atoms with Gasteiger partial charge in [0.1, 0.15) is 17.2 Å². The standard InChI is InChI=1S/C23H20N4O4.C9H11NO3/c1-29-16-12-14(22(28)30-2)11-15(13-16)26-23-25-10-9-21(27-23)31-20-8-7-19(24)17-5-3-4-6-18(17)20;1-12-8-4-6(9(11)13-2)3-7(10)5-8/h3-13H,24H2,1-2H3,(H,25,26,27);3-5H,10H2,1-2H3. The third-order valence-electron chi connectivity index (χ3n) is 6.17. The number of nitrogens with one attached hydrogen (secondary N) is 1. The Balaban J connectivity index is 0.000000285. The number of nitrogen functional groups attached to an aromatic ring is 2. The maximum atomic E-state index is 11.9. The van der Waals surface area contributed by atoms with Gasteiger partial charge in [-0.05, 0) is 36.4 Å². The number of benzene rings is 4. The number of esters is 2. The van der Waals surface area contributed by atoms with Crippen LogP contribution in [-0.2, 0) is 9.47 Å². The number of aromatic nitrogens is 2. The number of carbonyl (C=O) groups excluding carboxylic acids is 2. The molecule has 12 heteroatoms. The summed E-state index contributed by atoms with van der Waals surface area (Å²) in [5, 5.41) is 4.84. The van der Waals surface area contributed by atoms with Crippen LogP contribution in [0, 0.1) is 0 Å². The van der Waals surface area contributed by atoms with Crippen LogP contribution < -0.4 is 31.0 Å². The van der Waals surface area contributed by atoms with Gasteiger partial charge in [0.15, 0.2) is 0 Å². The van der Waals surface area contributed by atoms with E-state index in [0.717, 1.165) is 10.8 Å². The molecule has 0 spiro atoms. The molecular formula is C32H31N5O7. The van der Waals surface area contributed by atoms with Crippen LogP contribution in [0.5, 0.6) is 23.1 Å². The van der Waals surface area contributed by atoms with Crippen LogP contribution in [0.2, 0.25) is 0 Å². The van der Waals surface area contributed by atoms with E-state index in [1.54, 1.807) is 54.7 Å². The van der Waals surface area contributed by atoms with E-state index in [-0.39, 0.29) is 0 Å². The maximum Gasteiger partial charge on any atom is 0.338 e. The minimum atomic E-state index is -0.477. The molecule has 0 amide bonds. The SMILES string of the molecule is COC(=O)c1cc(N)cc(OC)c1.COC(=O)c1cc(Nc2nccc(Oc3ccc(N)c4ccccc34)n2)cc(OC)c1. The minimum Gasteiger partial charge on any atom is -0.497 e. The zero-order valence-electron chi connectivity index (χ0n) is 24.5. The number of carbonyl (C=O) groups is 2. The molecule has 44 heavy (non-hydrogen) atoms. The number of hydrogen-bond donors (Lipinski definition) is 3. The van der Waals surface area contributed by atoms with Crippen LogP contribution in [0.3, 0.4) is 0 Å². The van der Waals surface area contributed by atoms with E-state index in [2.05, 4.69) is 20.0 Å². The number of ether oxygens (including phenoxy) is 5. The third kappa shape index (κ3) is 7.62. The van der Waals surface area contributed by atoms with Crippen molar-refractivity contribution in [3.8, 4) is 23.1 Å². The summed E-state index contributed by atoms with van der Waals surface area (Å²) >= 11 is 0. The second kappa shape index (κ2) is 14.2. The Morgan fingerprint density at radius 2 is 1.36 bits per heavy atom. The monoisotopic (exact) mass is 597 g/mol. The van der Waals surface area contributed by atoms with E-state index in [0.29, 0.717) is 57.3 Å². The van der Waals surface area contributed by atoms with Gasteiger partial charge in [0, 0.05) is 52.2 Å². The first-order valence-corrected chi connectivity index (χ1v) is 13.1. The smallest absolute Gasteiger partial charge is 0.338 e. The predicted molar refractivity (Wildman–Crippen MR) is 167 cm³/mol. The van der Waals surface area contributed by atoms with Crippen LogP contribution in [0.4, 0.5) is 23.0 Å². The number of anilines is 4. The van der Waals surface area contributed by atoms with Gasteiger partial charge in [-0.3, -0.25) is 0 Å². The van der Waals surface area contributed by atoms with Crippen LogP contribution in [0.15, 0.2) is 85.1 Å². The van der Waals surface area contributed by atoms with E-state index < -0.39 is 11.9 Å². The Bertz CT molecular complexity index is 1800. The lowest BCUT2D eigenvalue weighted by molar-refractivity contribution is 0.0591. The van der Waals surface area contributed by atoms with Crippen molar-refractivity contribution >= 4 is 45.7 Å². The second-order valence-corrected chi connectivity index (χ2v) is 9.07. The first-order valence-electron chi connectivity index (χ1n) is 13.1. The van der Waals surface area contributed by atoms with Gasteiger partial charge in [-0.15, -0.1) is 0 Å². The fourth-order valence-electron chi connectivity index (χ4n) is 4.09. The molecule has 0 saturated heterocycles. The summed E-state index contributed by atoms with van der Waals surface area (Å²) in [6, 6.07) is 22.6. The van der Waals surface area contributed by atoms with Crippen LogP contribution in [0.1, 0.15) is 20.7 Å². The maximum absolute atomic E-state index is 11.9. The Hall–Kier alpha value is -6.04. The molecule has 5 aromatic rings. The van der Waals surface area contributed by atoms with Crippen molar-refractivity contribution in [2.24, 2.45) is 0 Å². The van der Waals surface area contributed by atoms with Crippen LogP contribution in [0.25, 0.3) is 10.8 Å². The van der Waals surface area contributed by atoms with Crippen LogP contribution >= 0.6 is 0 Å². The molecule has 226 valence electrons. The van der Waals surface area contributed by atoms with Crippen molar-refractivity contribution < 1.29 is 33.3 Å². The molecule has 0 saturated carbocycles. The normalized spacial score (nSPS) is 10.2. The molecule has 0 radical (unpaired) electrons. The molecule has 0 bridgehead atoms. The topological polar surface area (TPSA) is 170 Å². The fraction of sp³-hybridized carbons (Fsp3) is 0.125. The number of rotatable bonds is 8. The average molecular weight is 598 g/mol. The predicted octanol–water partition coefficient (Wildman–Crippen LogP) is 5.61. The van der Waals surface area contributed by atoms with E-state index in [4.69, 9.17) is 30.4 Å². The first-order chi connectivity index (χ1) is 21.2. The molecule has 0 atom stereocenters.